The lowest BCUT2D eigenvalue weighted by Gasteiger charge is -2.30. The fourth-order valence-electron chi connectivity index (χ4n) is 3.88. The Morgan fingerprint density at radius 2 is 1.77 bits per heavy atom. The van der Waals surface area contributed by atoms with Crippen LogP contribution in [0.3, 0.4) is 0 Å². The molecule has 4 rings (SSSR count). The molecule has 3 amide bonds. The number of hydrogen-bond donors (Lipinski definition) is 1. The molecule has 30 heavy (non-hydrogen) atoms. The van der Waals surface area contributed by atoms with E-state index in [2.05, 4.69) is 10.2 Å². The van der Waals surface area contributed by atoms with E-state index in [1.54, 1.807) is 12.1 Å². The Balaban J connectivity index is 1.33. The fraction of sp³-hybridized carbons (Fsp3) is 0.348. The van der Waals surface area contributed by atoms with E-state index in [0.717, 1.165) is 30.0 Å². The van der Waals surface area contributed by atoms with E-state index in [0.29, 0.717) is 30.8 Å². The molecule has 7 heteroatoms. The summed E-state index contributed by atoms with van der Waals surface area (Å²) in [6, 6.07) is 13.0. The van der Waals surface area contributed by atoms with E-state index in [-0.39, 0.29) is 30.7 Å². The normalized spacial score (nSPS) is 16.0. The molecule has 2 aliphatic heterocycles. The van der Waals surface area contributed by atoms with E-state index in [1.165, 1.54) is 4.90 Å². The molecular weight excluding hydrogens is 382 g/mol. The molecule has 0 atom stereocenters. The summed E-state index contributed by atoms with van der Waals surface area (Å²) in [4.78, 5) is 41.0. The number of hydrogen-bond acceptors (Lipinski definition) is 5. The number of carbonyl (C=O) groups is 3. The van der Waals surface area contributed by atoms with Gasteiger partial charge in [-0.25, -0.2) is 0 Å². The highest BCUT2D eigenvalue weighted by Gasteiger charge is 2.35. The molecule has 0 spiro atoms. The highest BCUT2D eigenvalue weighted by molar-refractivity contribution is 6.21. The van der Waals surface area contributed by atoms with Crippen molar-refractivity contribution in [3.63, 3.8) is 0 Å². The van der Waals surface area contributed by atoms with Gasteiger partial charge in [-0.1, -0.05) is 23.8 Å². The average Bonchev–Trinajstić information content (AvgIpc) is 2.99. The average molecular weight is 407 g/mol. The fourth-order valence-corrected chi connectivity index (χ4v) is 3.88. The molecule has 2 heterocycles. The van der Waals surface area contributed by atoms with Crippen LogP contribution in [0, 0.1) is 6.92 Å². The van der Waals surface area contributed by atoms with Gasteiger partial charge in [0.2, 0.25) is 5.91 Å². The summed E-state index contributed by atoms with van der Waals surface area (Å²) in [5, 5.41) is 2.97. The Bertz CT molecular complexity index is 982. The van der Waals surface area contributed by atoms with Crippen LogP contribution in [0.1, 0.15) is 39.1 Å². The molecule has 0 aromatic heterocycles. The second kappa shape index (κ2) is 8.67. The molecule has 7 nitrogen and oxygen atoms in total. The maximum atomic E-state index is 12.5. The van der Waals surface area contributed by atoms with Crippen molar-refractivity contribution in [2.75, 3.05) is 43.1 Å². The van der Waals surface area contributed by atoms with Crippen LogP contribution in [0.15, 0.2) is 42.5 Å². The summed E-state index contributed by atoms with van der Waals surface area (Å²) >= 11 is 0. The van der Waals surface area contributed by atoms with E-state index in [4.69, 9.17) is 4.74 Å². The molecule has 1 fully saturated rings. The van der Waals surface area contributed by atoms with Gasteiger partial charge in [-0.2, -0.15) is 0 Å². The zero-order valence-corrected chi connectivity index (χ0v) is 17.0. The Kier molecular flexibility index (Phi) is 5.81. The topological polar surface area (TPSA) is 79.0 Å². The molecular formula is C23H25N3O4. The third-order valence-electron chi connectivity index (χ3n) is 5.44. The maximum absolute atomic E-state index is 12.5. The lowest BCUT2D eigenvalue weighted by atomic mass is 10.1. The number of imide groups is 1. The first-order valence-corrected chi connectivity index (χ1v) is 10.2. The number of para-hydroxylation sites is 2. The molecule has 0 unspecified atom stereocenters. The van der Waals surface area contributed by atoms with Gasteiger partial charge in [0, 0.05) is 26.1 Å². The van der Waals surface area contributed by atoms with E-state index in [1.807, 2.05) is 37.3 Å². The third-order valence-corrected chi connectivity index (χ3v) is 5.44. The molecule has 0 saturated carbocycles. The number of nitrogens with one attached hydrogen (secondary N) is 1. The summed E-state index contributed by atoms with van der Waals surface area (Å²) in [7, 11) is 0. The molecule has 2 aromatic carbocycles. The number of anilines is 2. The van der Waals surface area contributed by atoms with Crippen LogP contribution >= 0.6 is 0 Å². The van der Waals surface area contributed by atoms with Gasteiger partial charge in [0.25, 0.3) is 11.8 Å². The molecule has 1 saturated heterocycles. The highest BCUT2D eigenvalue weighted by atomic mass is 16.5. The van der Waals surface area contributed by atoms with Gasteiger partial charge < -0.3 is 15.0 Å². The van der Waals surface area contributed by atoms with Gasteiger partial charge in [0.15, 0.2) is 0 Å². The number of aryl methyl sites for hydroxylation is 1. The molecule has 1 N–H and O–H groups in total. The van der Waals surface area contributed by atoms with Crippen molar-refractivity contribution in [1.82, 2.24) is 4.90 Å². The van der Waals surface area contributed by atoms with E-state index < -0.39 is 0 Å². The van der Waals surface area contributed by atoms with Crippen molar-refractivity contribution in [2.24, 2.45) is 0 Å². The summed E-state index contributed by atoms with van der Waals surface area (Å²) in [6.45, 7) is 5.02. The van der Waals surface area contributed by atoms with E-state index >= 15 is 0 Å². The number of amides is 3. The summed E-state index contributed by atoms with van der Waals surface area (Å²) < 4.78 is 5.40. The maximum Gasteiger partial charge on any atom is 0.261 e. The number of nitrogens with zero attached hydrogens (tertiary/aromatic N) is 2. The van der Waals surface area contributed by atoms with Crippen LogP contribution < -0.4 is 10.2 Å². The number of morpholine rings is 1. The molecule has 0 radical (unpaired) electrons. The predicted octanol–water partition coefficient (Wildman–Crippen LogP) is 2.85. The Hall–Kier alpha value is -3.19. The Labute approximate surface area is 175 Å². The van der Waals surface area contributed by atoms with E-state index in [9.17, 15) is 14.4 Å². The third kappa shape index (κ3) is 4.07. The van der Waals surface area contributed by atoms with Crippen LogP contribution in [-0.4, -0.2) is 55.5 Å². The zero-order valence-electron chi connectivity index (χ0n) is 17.0. The Morgan fingerprint density at radius 1 is 1.03 bits per heavy atom. The van der Waals surface area contributed by atoms with Crippen molar-refractivity contribution in [2.45, 2.75) is 19.8 Å². The monoisotopic (exact) mass is 407 g/mol. The summed E-state index contributed by atoms with van der Waals surface area (Å²) in [5.41, 5.74) is 3.57. The van der Waals surface area contributed by atoms with Crippen LogP contribution in [-0.2, 0) is 9.53 Å². The minimum Gasteiger partial charge on any atom is -0.378 e. The lowest BCUT2D eigenvalue weighted by molar-refractivity contribution is -0.116. The largest absolute Gasteiger partial charge is 0.378 e. The number of rotatable bonds is 6. The van der Waals surface area contributed by atoms with Crippen molar-refractivity contribution < 1.29 is 19.1 Å². The van der Waals surface area contributed by atoms with Gasteiger partial charge in [0.1, 0.15) is 0 Å². The van der Waals surface area contributed by atoms with Gasteiger partial charge in [-0.15, -0.1) is 0 Å². The molecule has 156 valence electrons. The van der Waals surface area contributed by atoms with Crippen LogP contribution in [0.5, 0.6) is 0 Å². The standard InChI is InChI=1S/C23H25N3O4/c1-16-8-9-17-18(15-16)23(29)26(22(17)28)10-4-7-21(27)24-19-5-2-3-6-20(19)25-11-13-30-14-12-25/h2-3,5-6,8-9,15H,4,7,10-14H2,1H3,(H,24,27). The second-order valence-electron chi connectivity index (χ2n) is 7.58. The second-order valence-corrected chi connectivity index (χ2v) is 7.58. The minimum atomic E-state index is -0.284. The van der Waals surface area contributed by atoms with Gasteiger partial charge >= 0.3 is 0 Å². The number of fused-ring (bicyclic) bond motifs is 1. The van der Waals surface area contributed by atoms with Crippen molar-refractivity contribution >= 4 is 29.1 Å². The minimum absolute atomic E-state index is 0.136. The first-order chi connectivity index (χ1) is 14.5. The summed E-state index contributed by atoms with van der Waals surface area (Å²) in [6.07, 6.45) is 0.639. The van der Waals surface area contributed by atoms with Gasteiger partial charge in [-0.3, -0.25) is 19.3 Å². The highest BCUT2D eigenvalue weighted by Crippen LogP contribution is 2.27. The van der Waals surface area contributed by atoms with Gasteiger partial charge in [0.05, 0.1) is 35.7 Å². The molecule has 2 aromatic rings. The quantitative estimate of drug-likeness (QED) is 0.745. The zero-order chi connectivity index (χ0) is 21.1. The molecule has 2 aliphatic rings. The van der Waals surface area contributed by atoms with Crippen molar-refractivity contribution in [1.29, 1.82) is 0 Å². The predicted molar refractivity (Wildman–Crippen MR) is 114 cm³/mol. The Morgan fingerprint density at radius 3 is 2.57 bits per heavy atom. The van der Waals surface area contributed by atoms with Crippen LogP contribution in [0.25, 0.3) is 0 Å². The summed E-state index contributed by atoms with van der Waals surface area (Å²) in [5.74, 6) is -0.701. The van der Waals surface area contributed by atoms with Crippen molar-refractivity contribution in [3.05, 3.63) is 59.2 Å². The van der Waals surface area contributed by atoms with Crippen LogP contribution in [0.4, 0.5) is 11.4 Å². The number of benzene rings is 2. The van der Waals surface area contributed by atoms with Crippen LogP contribution in [0.2, 0.25) is 0 Å². The molecule has 0 aliphatic carbocycles. The first-order valence-electron chi connectivity index (χ1n) is 10.2. The van der Waals surface area contributed by atoms with Gasteiger partial charge in [-0.05, 0) is 37.6 Å². The number of ether oxygens (including phenoxy) is 1. The van der Waals surface area contributed by atoms with Crippen molar-refractivity contribution in [3.8, 4) is 0 Å². The smallest absolute Gasteiger partial charge is 0.261 e. The number of carbonyl (C=O) groups excluding carboxylic acids is 3. The molecule has 0 bridgehead atoms. The first kappa shape index (κ1) is 20.1. The SMILES string of the molecule is Cc1ccc2c(c1)C(=O)N(CCCC(=O)Nc1ccccc1N1CCOCC1)C2=O. The lowest BCUT2D eigenvalue weighted by Crippen LogP contribution is -2.36.